The Morgan fingerprint density at radius 3 is 2.45 bits per heavy atom. The van der Waals surface area contributed by atoms with Crippen LogP contribution in [0.4, 0.5) is 18.9 Å². The van der Waals surface area contributed by atoms with Crippen LogP contribution < -0.4 is 15.4 Å². The number of nitrogens with zero attached hydrogens (tertiary/aromatic N) is 2. The summed E-state index contributed by atoms with van der Waals surface area (Å²) in [6, 6.07) is 12.9. The van der Waals surface area contributed by atoms with Gasteiger partial charge in [-0.2, -0.15) is 18.4 Å². The maximum Gasteiger partial charge on any atom is 0.416 e. The van der Waals surface area contributed by atoms with E-state index in [1.807, 2.05) is 13.0 Å². The zero-order chi connectivity index (χ0) is 23.9. The molecule has 2 aromatic rings. The van der Waals surface area contributed by atoms with Gasteiger partial charge in [-0.3, -0.25) is 9.59 Å². The van der Waals surface area contributed by atoms with Crippen LogP contribution in [0, 0.1) is 17.2 Å². The minimum Gasteiger partial charge on any atom is -0.494 e. The van der Waals surface area contributed by atoms with Gasteiger partial charge in [0.25, 0.3) is 0 Å². The maximum absolute atomic E-state index is 13.4. The number of alkyl halides is 3. The van der Waals surface area contributed by atoms with Crippen molar-refractivity contribution >= 4 is 29.3 Å². The molecule has 2 aliphatic heterocycles. The molecule has 2 aliphatic rings. The van der Waals surface area contributed by atoms with Crippen LogP contribution in [0.5, 0.6) is 5.75 Å². The Morgan fingerprint density at radius 1 is 1.15 bits per heavy atom. The lowest BCUT2D eigenvalue weighted by molar-refractivity contribution is -0.137. The van der Waals surface area contributed by atoms with Gasteiger partial charge >= 0.3 is 6.18 Å². The monoisotopic (exact) mass is 473 g/mol. The van der Waals surface area contributed by atoms with E-state index in [1.165, 1.54) is 6.07 Å². The molecule has 2 aromatic carbocycles. The van der Waals surface area contributed by atoms with E-state index in [-0.39, 0.29) is 16.3 Å². The molecule has 170 valence electrons. The van der Waals surface area contributed by atoms with Crippen molar-refractivity contribution in [3.05, 3.63) is 70.3 Å². The van der Waals surface area contributed by atoms with Gasteiger partial charge in [0.15, 0.2) is 0 Å². The average molecular weight is 473 g/mol. The number of benzene rings is 2. The molecule has 0 spiro atoms. The molecule has 0 radical (unpaired) electrons. The lowest BCUT2D eigenvalue weighted by Crippen LogP contribution is -2.33. The first-order valence-electron chi connectivity index (χ1n) is 10.0. The molecule has 10 heteroatoms. The minimum absolute atomic E-state index is 0.115. The van der Waals surface area contributed by atoms with Crippen LogP contribution in [0.1, 0.15) is 24.0 Å². The van der Waals surface area contributed by atoms with Crippen LogP contribution in [0.25, 0.3) is 0 Å². The number of carbonyl (C=O) groups excluding carboxylic acids is 2. The molecular weight excluding hydrogens is 455 g/mol. The molecule has 6 nitrogen and oxygen atoms in total. The summed E-state index contributed by atoms with van der Waals surface area (Å²) in [5.74, 6) is -2.54. The first-order chi connectivity index (χ1) is 15.7. The predicted octanol–water partition coefficient (Wildman–Crippen LogP) is 4.19. The number of ether oxygens (including phenoxy) is 1. The van der Waals surface area contributed by atoms with Crippen LogP contribution in [0.2, 0.25) is 0 Å². The van der Waals surface area contributed by atoms with E-state index in [9.17, 15) is 28.0 Å². The lowest BCUT2D eigenvalue weighted by atomic mass is 9.79. The lowest BCUT2D eigenvalue weighted by Gasteiger charge is -2.30. The molecule has 0 aliphatic carbocycles. The van der Waals surface area contributed by atoms with E-state index in [0.29, 0.717) is 17.9 Å². The van der Waals surface area contributed by atoms with E-state index in [0.717, 1.165) is 34.9 Å². The number of hydrogen-bond acceptors (Lipinski definition) is 6. The van der Waals surface area contributed by atoms with E-state index in [1.54, 1.807) is 24.3 Å². The fourth-order valence-corrected chi connectivity index (χ4v) is 5.35. The number of amides is 2. The summed E-state index contributed by atoms with van der Waals surface area (Å²) < 4.78 is 45.0. The predicted molar refractivity (Wildman–Crippen MR) is 116 cm³/mol. The van der Waals surface area contributed by atoms with Crippen LogP contribution >= 0.6 is 11.8 Å². The summed E-state index contributed by atoms with van der Waals surface area (Å²) in [5.41, 5.74) is 5.68. The first kappa shape index (κ1) is 22.7. The molecule has 0 bridgehead atoms. The van der Waals surface area contributed by atoms with Gasteiger partial charge < -0.3 is 10.5 Å². The third kappa shape index (κ3) is 3.93. The number of imide groups is 1. The highest BCUT2D eigenvalue weighted by molar-refractivity contribution is 8.04. The van der Waals surface area contributed by atoms with Crippen LogP contribution in [0.3, 0.4) is 0 Å². The number of allylic oxidation sites excluding steroid dienone is 1. The fourth-order valence-electron chi connectivity index (χ4n) is 4.15. The summed E-state index contributed by atoms with van der Waals surface area (Å²) >= 11 is 0.895. The number of nitriles is 1. The minimum atomic E-state index is -4.63. The molecule has 33 heavy (non-hydrogen) atoms. The van der Waals surface area contributed by atoms with Gasteiger partial charge in [-0.25, -0.2) is 4.90 Å². The van der Waals surface area contributed by atoms with Gasteiger partial charge in [-0.15, -0.1) is 0 Å². The van der Waals surface area contributed by atoms with Gasteiger partial charge in [0, 0.05) is 5.92 Å². The molecular formula is C23H18F3N3O3S. The summed E-state index contributed by atoms with van der Waals surface area (Å²) in [6.45, 7) is 2.29. The van der Waals surface area contributed by atoms with Crippen molar-refractivity contribution in [3.8, 4) is 11.8 Å². The van der Waals surface area contributed by atoms with Crippen molar-refractivity contribution in [1.82, 2.24) is 0 Å². The van der Waals surface area contributed by atoms with Crippen molar-refractivity contribution in [1.29, 1.82) is 5.26 Å². The summed E-state index contributed by atoms with van der Waals surface area (Å²) in [5, 5.41) is 8.91. The number of halogens is 3. The third-order valence-electron chi connectivity index (χ3n) is 5.59. The Kier molecular flexibility index (Phi) is 5.84. The van der Waals surface area contributed by atoms with E-state index < -0.39 is 40.6 Å². The number of anilines is 1. The first-order valence-corrected chi connectivity index (χ1v) is 10.9. The zero-order valence-electron chi connectivity index (χ0n) is 17.3. The number of rotatable bonds is 4. The van der Waals surface area contributed by atoms with Gasteiger partial charge in [-0.1, -0.05) is 30.0 Å². The second kappa shape index (κ2) is 8.48. The van der Waals surface area contributed by atoms with Crippen molar-refractivity contribution in [2.75, 3.05) is 11.5 Å². The SMILES string of the molecule is CCOc1ccc([C@@H]2C(C#N)=C(N)S[C@H]3C(=O)N(c4cccc(C(F)(F)F)c4)C(=O)[C@H]32)cc1. The maximum atomic E-state index is 13.4. The largest absolute Gasteiger partial charge is 0.494 e. The molecule has 0 aromatic heterocycles. The second-order valence-electron chi connectivity index (χ2n) is 7.49. The van der Waals surface area contributed by atoms with E-state index in [4.69, 9.17) is 10.5 Å². The molecule has 3 atom stereocenters. The Balaban J connectivity index is 1.77. The van der Waals surface area contributed by atoms with Crippen molar-refractivity contribution in [2.24, 2.45) is 11.7 Å². The van der Waals surface area contributed by atoms with Crippen LogP contribution in [0.15, 0.2) is 59.1 Å². The Bertz CT molecular complexity index is 1190. The molecule has 1 saturated heterocycles. The van der Waals surface area contributed by atoms with Gasteiger partial charge in [0.2, 0.25) is 11.8 Å². The number of nitrogens with two attached hydrogens (primary N) is 1. The second-order valence-corrected chi connectivity index (χ2v) is 8.68. The van der Waals surface area contributed by atoms with Crippen LogP contribution in [-0.2, 0) is 15.8 Å². The number of carbonyl (C=O) groups is 2. The van der Waals surface area contributed by atoms with Crippen molar-refractivity contribution in [3.63, 3.8) is 0 Å². The number of hydrogen-bond donors (Lipinski definition) is 1. The summed E-state index contributed by atoms with van der Waals surface area (Å²) in [4.78, 5) is 27.4. The number of fused-ring (bicyclic) bond motifs is 1. The van der Waals surface area contributed by atoms with Crippen molar-refractivity contribution in [2.45, 2.75) is 24.3 Å². The van der Waals surface area contributed by atoms with Crippen molar-refractivity contribution < 1.29 is 27.5 Å². The topological polar surface area (TPSA) is 96.4 Å². The average Bonchev–Trinajstić information content (AvgIpc) is 3.02. The standard InChI is InChI=1S/C23H18F3N3O3S/c1-2-32-15-8-6-12(7-9-15)17-16(11-27)20(28)33-19-18(17)21(30)29(22(19)31)14-5-3-4-13(10-14)23(24,25)26/h3-10,17-19H,2,28H2,1H3/t17-,18+,19-/m1/s1. The molecule has 2 heterocycles. The normalized spacial score (nSPS) is 22.9. The number of thioether (sulfide) groups is 1. The van der Waals surface area contributed by atoms with E-state index in [2.05, 4.69) is 0 Å². The van der Waals surface area contributed by atoms with Gasteiger partial charge in [0.1, 0.15) is 11.0 Å². The molecule has 0 unspecified atom stereocenters. The fraction of sp³-hybridized carbons (Fsp3) is 0.261. The molecule has 2 amide bonds. The van der Waals surface area contributed by atoms with Gasteiger partial charge in [0.05, 0.1) is 40.4 Å². The Morgan fingerprint density at radius 2 is 1.85 bits per heavy atom. The summed E-state index contributed by atoms with van der Waals surface area (Å²) in [7, 11) is 0. The van der Waals surface area contributed by atoms with E-state index >= 15 is 0 Å². The van der Waals surface area contributed by atoms with Crippen LogP contribution in [-0.4, -0.2) is 23.7 Å². The highest BCUT2D eigenvalue weighted by Crippen LogP contribution is 2.51. The Labute approximate surface area is 191 Å². The molecule has 2 N–H and O–H groups in total. The zero-order valence-corrected chi connectivity index (χ0v) is 18.1. The molecule has 4 rings (SSSR count). The Hall–Kier alpha value is -3.45. The smallest absolute Gasteiger partial charge is 0.416 e. The highest BCUT2D eigenvalue weighted by Gasteiger charge is 2.56. The highest BCUT2D eigenvalue weighted by atomic mass is 32.2. The quantitative estimate of drug-likeness (QED) is 0.669. The third-order valence-corrected chi connectivity index (χ3v) is 6.81. The van der Waals surface area contributed by atoms with Gasteiger partial charge in [-0.05, 0) is 42.8 Å². The molecule has 1 fully saturated rings. The summed E-state index contributed by atoms with van der Waals surface area (Å²) in [6.07, 6.45) is -4.63. The molecule has 0 saturated carbocycles.